The van der Waals surface area contributed by atoms with Crippen molar-refractivity contribution in [2.45, 2.75) is 25.0 Å². The maximum atomic E-state index is 10.6. The van der Waals surface area contributed by atoms with E-state index in [4.69, 9.17) is 15.6 Å². The zero-order valence-electron chi connectivity index (χ0n) is 5.62. The summed E-state index contributed by atoms with van der Waals surface area (Å²) in [7, 11) is 0. The molecular formula is C6H11NO3. The van der Waals surface area contributed by atoms with Gasteiger partial charge < -0.3 is 15.6 Å². The van der Waals surface area contributed by atoms with Crippen LogP contribution in [-0.4, -0.2) is 29.8 Å². The van der Waals surface area contributed by atoms with Gasteiger partial charge in [-0.1, -0.05) is 0 Å². The maximum Gasteiger partial charge on any atom is 0.323 e. The Bertz CT molecular complexity index is 137. The summed E-state index contributed by atoms with van der Waals surface area (Å²) in [5.74, 6) is -0.349. The minimum atomic E-state index is -0.475. The van der Waals surface area contributed by atoms with Crippen LogP contribution in [0.4, 0.5) is 0 Å². The Kier molecular flexibility index (Phi) is 2.24. The van der Waals surface area contributed by atoms with Crippen LogP contribution >= 0.6 is 0 Å². The number of aliphatic hydroxyl groups is 1. The van der Waals surface area contributed by atoms with E-state index in [0.29, 0.717) is 12.8 Å². The Morgan fingerprint density at radius 1 is 1.80 bits per heavy atom. The molecule has 0 saturated carbocycles. The SMILES string of the molecule is N[C@H]1C[C@@H](CCO)OC1=O. The average Bonchev–Trinajstić information content (AvgIpc) is 2.14. The van der Waals surface area contributed by atoms with E-state index in [-0.39, 0.29) is 18.7 Å². The first kappa shape index (κ1) is 7.50. The molecule has 1 aliphatic heterocycles. The quantitative estimate of drug-likeness (QED) is 0.489. The maximum absolute atomic E-state index is 10.6. The van der Waals surface area contributed by atoms with Crippen LogP contribution in [0.1, 0.15) is 12.8 Å². The lowest BCUT2D eigenvalue weighted by molar-refractivity contribution is -0.142. The average molecular weight is 145 g/mol. The lowest BCUT2D eigenvalue weighted by Crippen LogP contribution is -2.24. The first-order chi connectivity index (χ1) is 4.74. The highest BCUT2D eigenvalue weighted by Gasteiger charge is 2.30. The molecule has 3 N–H and O–H groups in total. The van der Waals surface area contributed by atoms with Gasteiger partial charge in [0.05, 0.1) is 0 Å². The van der Waals surface area contributed by atoms with Crippen molar-refractivity contribution in [3.05, 3.63) is 0 Å². The minimum Gasteiger partial charge on any atom is -0.461 e. The van der Waals surface area contributed by atoms with Gasteiger partial charge in [-0.25, -0.2) is 0 Å². The lowest BCUT2D eigenvalue weighted by atomic mass is 10.1. The molecule has 0 amide bonds. The predicted molar refractivity (Wildman–Crippen MR) is 34.2 cm³/mol. The van der Waals surface area contributed by atoms with Crippen molar-refractivity contribution >= 4 is 5.97 Å². The molecule has 1 saturated heterocycles. The van der Waals surface area contributed by atoms with Crippen LogP contribution in [0.5, 0.6) is 0 Å². The predicted octanol–water partition coefficient (Wildman–Crippen LogP) is -0.988. The Balaban J connectivity index is 2.34. The first-order valence-corrected chi connectivity index (χ1v) is 3.31. The summed E-state index contributed by atoms with van der Waals surface area (Å²) in [6, 6.07) is -0.475. The Morgan fingerprint density at radius 3 is 2.90 bits per heavy atom. The summed E-state index contributed by atoms with van der Waals surface area (Å²) in [6.45, 7) is 0.0463. The van der Waals surface area contributed by atoms with Crippen LogP contribution in [0.2, 0.25) is 0 Å². The molecule has 4 nitrogen and oxygen atoms in total. The standard InChI is InChI=1S/C6H11NO3/c7-5-3-4(1-2-8)10-6(5)9/h4-5,8H,1-3,7H2/t4-,5+/m1/s1. The Morgan fingerprint density at radius 2 is 2.50 bits per heavy atom. The van der Waals surface area contributed by atoms with Crippen LogP contribution in [0.25, 0.3) is 0 Å². The second-order valence-corrected chi connectivity index (χ2v) is 2.41. The van der Waals surface area contributed by atoms with Crippen LogP contribution in [-0.2, 0) is 9.53 Å². The molecule has 0 radical (unpaired) electrons. The van der Waals surface area contributed by atoms with E-state index in [2.05, 4.69) is 0 Å². The fourth-order valence-corrected chi connectivity index (χ4v) is 1.000. The highest BCUT2D eigenvalue weighted by molar-refractivity contribution is 5.77. The Hall–Kier alpha value is -0.610. The third-order valence-electron chi connectivity index (χ3n) is 1.55. The molecule has 1 aliphatic rings. The molecule has 0 spiro atoms. The van der Waals surface area contributed by atoms with E-state index in [1.54, 1.807) is 0 Å². The molecule has 0 aromatic rings. The number of carbonyl (C=O) groups is 1. The first-order valence-electron chi connectivity index (χ1n) is 3.31. The molecule has 0 aromatic heterocycles. The normalized spacial score (nSPS) is 32.4. The van der Waals surface area contributed by atoms with Crippen molar-refractivity contribution in [2.75, 3.05) is 6.61 Å². The van der Waals surface area contributed by atoms with Gasteiger partial charge in [-0.15, -0.1) is 0 Å². The molecule has 10 heavy (non-hydrogen) atoms. The number of cyclic esters (lactones) is 1. The summed E-state index contributed by atoms with van der Waals surface area (Å²) in [6.07, 6.45) is 0.881. The number of esters is 1. The van der Waals surface area contributed by atoms with Crippen molar-refractivity contribution in [3.8, 4) is 0 Å². The van der Waals surface area contributed by atoms with E-state index in [1.165, 1.54) is 0 Å². The summed E-state index contributed by atoms with van der Waals surface area (Å²) >= 11 is 0. The second kappa shape index (κ2) is 2.98. The molecule has 58 valence electrons. The van der Waals surface area contributed by atoms with Gasteiger partial charge in [-0.05, 0) is 0 Å². The Labute approximate surface area is 59.0 Å². The van der Waals surface area contributed by atoms with E-state index < -0.39 is 6.04 Å². The van der Waals surface area contributed by atoms with E-state index in [0.717, 1.165) is 0 Å². The molecule has 4 heteroatoms. The van der Waals surface area contributed by atoms with E-state index >= 15 is 0 Å². The van der Waals surface area contributed by atoms with Crippen molar-refractivity contribution in [2.24, 2.45) is 5.73 Å². The molecule has 1 heterocycles. The number of rotatable bonds is 2. The molecule has 0 bridgehead atoms. The van der Waals surface area contributed by atoms with Gasteiger partial charge in [0.25, 0.3) is 0 Å². The molecule has 2 atom stereocenters. The van der Waals surface area contributed by atoms with E-state index in [9.17, 15) is 4.79 Å². The number of hydrogen-bond acceptors (Lipinski definition) is 4. The van der Waals surface area contributed by atoms with E-state index in [1.807, 2.05) is 0 Å². The number of hydrogen-bond donors (Lipinski definition) is 2. The van der Waals surface area contributed by atoms with Crippen LogP contribution < -0.4 is 5.73 Å². The number of carbonyl (C=O) groups excluding carboxylic acids is 1. The van der Waals surface area contributed by atoms with Crippen molar-refractivity contribution < 1.29 is 14.6 Å². The smallest absolute Gasteiger partial charge is 0.323 e. The minimum absolute atomic E-state index is 0.0463. The topological polar surface area (TPSA) is 72.6 Å². The molecule has 1 rings (SSSR count). The summed E-state index contributed by atoms with van der Waals surface area (Å²) in [4.78, 5) is 10.6. The van der Waals surface area contributed by atoms with Gasteiger partial charge in [0.15, 0.2) is 0 Å². The van der Waals surface area contributed by atoms with Crippen molar-refractivity contribution in [1.29, 1.82) is 0 Å². The van der Waals surface area contributed by atoms with Crippen LogP contribution in [0.15, 0.2) is 0 Å². The molecule has 1 fully saturated rings. The van der Waals surface area contributed by atoms with Crippen molar-refractivity contribution in [1.82, 2.24) is 0 Å². The molecule has 0 aliphatic carbocycles. The van der Waals surface area contributed by atoms with Crippen LogP contribution in [0, 0.1) is 0 Å². The number of nitrogens with two attached hydrogens (primary N) is 1. The number of ether oxygens (including phenoxy) is 1. The monoisotopic (exact) mass is 145 g/mol. The summed E-state index contributed by atoms with van der Waals surface area (Å²) in [5.41, 5.74) is 5.34. The molecule has 0 unspecified atom stereocenters. The number of aliphatic hydroxyl groups excluding tert-OH is 1. The third-order valence-corrected chi connectivity index (χ3v) is 1.55. The van der Waals surface area contributed by atoms with Gasteiger partial charge in [-0.3, -0.25) is 4.79 Å². The fraction of sp³-hybridized carbons (Fsp3) is 0.833. The molecular weight excluding hydrogens is 134 g/mol. The second-order valence-electron chi connectivity index (χ2n) is 2.41. The van der Waals surface area contributed by atoms with Gasteiger partial charge in [0.2, 0.25) is 0 Å². The summed E-state index contributed by atoms with van der Waals surface area (Å²) < 4.78 is 4.79. The fourth-order valence-electron chi connectivity index (χ4n) is 1.000. The van der Waals surface area contributed by atoms with Crippen LogP contribution in [0.3, 0.4) is 0 Å². The third kappa shape index (κ3) is 1.46. The summed E-state index contributed by atoms with van der Waals surface area (Å²) in [5, 5.41) is 8.47. The van der Waals surface area contributed by atoms with Gasteiger partial charge in [0, 0.05) is 19.4 Å². The highest BCUT2D eigenvalue weighted by atomic mass is 16.6. The zero-order valence-corrected chi connectivity index (χ0v) is 5.62. The van der Waals surface area contributed by atoms with Crippen molar-refractivity contribution in [3.63, 3.8) is 0 Å². The van der Waals surface area contributed by atoms with Gasteiger partial charge in [0.1, 0.15) is 12.1 Å². The van der Waals surface area contributed by atoms with Gasteiger partial charge >= 0.3 is 5.97 Å². The molecule has 0 aromatic carbocycles. The van der Waals surface area contributed by atoms with Gasteiger partial charge in [-0.2, -0.15) is 0 Å². The largest absolute Gasteiger partial charge is 0.461 e. The lowest BCUT2D eigenvalue weighted by Gasteiger charge is -2.03. The zero-order chi connectivity index (χ0) is 7.56. The highest BCUT2D eigenvalue weighted by Crippen LogP contribution is 2.15.